The van der Waals surface area contributed by atoms with Crippen molar-refractivity contribution >= 4 is 16.7 Å². The molecular formula is C17H21FN4O. The van der Waals surface area contributed by atoms with E-state index < -0.39 is 0 Å². The fraction of sp³-hybridized carbons (Fsp3) is 0.588. The van der Waals surface area contributed by atoms with E-state index in [4.69, 9.17) is 9.72 Å². The quantitative estimate of drug-likeness (QED) is 0.748. The van der Waals surface area contributed by atoms with Crippen LogP contribution in [0.15, 0.2) is 0 Å². The summed E-state index contributed by atoms with van der Waals surface area (Å²) in [6.45, 7) is 7.16. The largest absolute Gasteiger partial charge is 0.379 e. The van der Waals surface area contributed by atoms with Crippen LogP contribution in [0.1, 0.15) is 37.0 Å². The Morgan fingerprint density at radius 2 is 2.00 bits per heavy atom. The number of rotatable bonds is 0. The summed E-state index contributed by atoms with van der Waals surface area (Å²) in [6.07, 6.45) is 2.68. The lowest BCUT2D eigenvalue weighted by molar-refractivity contribution is 0.131. The molecule has 0 aromatic carbocycles. The first-order valence-corrected chi connectivity index (χ1v) is 8.25. The molecule has 2 aliphatic heterocycles. The lowest BCUT2D eigenvalue weighted by atomic mass is 10.1. The van der Waals surface area contributed by atoms with Gasteiger partial charge in [0.25, 0.3) is 0 Å². The van der Waals surface area contributed by atoms with E-state index in [0.29, 0.717) is 29.7 Å². The molecule has 5 nitrogen and oxygen atoms in total. The fourth-order valence-electron chi connectivity index (χ4n) is 3.79. The monoisotopic (exact) mass is 316 g/mol. The molecule has 0 spiro atoms. The summed E-state index contributed by atoms with van der Waals surface area (Å²) in [7, 11) is 0. The van der Waals surface area contributed by atoms with E-state index in [0.717, 1.165) is 42.8 Å². The Hall–Kier alpha value is -1.82. The minimum absolute atomic E-state index is 0.252. The zero-order chi connectivity index (χ0) is 16.1. The van der Waals surface area contributed by atoms with Gasteiger partial charge in [-0.2, -0.15) is 0 Å². The third kappa shape index (κ3) is 2.27. The van der Waals surface area contributed by atoms with Crippen molar-refractivity contribution in [3.63, 3.8) is 0 Å². The smallest absolute Gasteiger partial charge is 0.170 e. The molecule has 0 unspecified atom stereocenters. The molecule has 4 rings (SSSR count). The summed E-state index contributed by atoms with van der Waals surface area (Å²) in [6, 6.07) is 0.554. The molecule has 0 bridgehead atoms. The van der Waals surface area contributed by atoms with Gasteiger partial charge in [0.05, 0.1) is 29.4 Å². The van der Waals surface area contributed by atoms with Gasteiger partial charge in [-0.1, -0.05) is 0 Å². The third-order valence-electron chi connectivity index (χ3n) is 4.94. The minimum Gasteiger partial charge on any atom is -0.379 e. The van der Waals surface area contributed by atoms with Crippen LogP contribution in [0.2, 0.25) is 0 Å². The van der Waals surface area contributed by atoms with Crippen LogP contribution in [0.5, 0.6) is 0 Å². The summed E-state index contributed by atoms with van der Waals surface area (Å²) in [5.74, 6) is 1.10. The first kappa shape index (κ1) is 14.8. The van der Waals surface area contributed by atoms with E-state index in [9.17, 15) is 4.39 Å². The van der Waals surface area contributed by atoms with Crippen LogP contribution in [-0.4, -0.2) is 40.2 Å². The number of halogens is 1. The molecular weight excluding hydrogens is 295 g/mol. The van der Waals surface area contributed by atoms with Crippen molar-refractivity contribution in [1.82, 2.24) is 15.0 Å². The molecule has 4 heterocycles. The van der Waals surface area contributed by atoms with Crippen molar-refractivity contribution in [2.75, 3.05) is 18.1 Å². The van der Waals surface area contributed by atoms with E-state index in [1.807, 2.05) is 6.92 Å². The van der Waals surface area contributed by atoms with Gasteiger partial charge >= 0.3 is 0 Å². The Morgan fingerprint density at radius 1 is 1.17 bits per heavy atom. The van der Waals surface area contributed by atoms with Crippen LogP contribution in [0.25, 0.3) is 10.9 Å². The highest BCUT2D eigenvalue weighted by Gasteiger charge is 2.33. The molecule has 2 atom stereocenters. The van der Waals surface area contributed by atoms with Crippen LogP contribution in [0.3, 0.4) is 0 Å². The zero-order valence-electron chi connectivity index (χ0n) is 13.8. The number of hydrogen-bond acceptors (Lipinski definition) is 5. The molecule has 0 radical (unpaired) electrons. The maximum absolute atomic E-state index is 14.6. The van der Waals surface area contributed by atoms with Gasteiger partial charge in [0.15, 0.2) is 5.82 Å². The van der Waals surface area contributed by atoms with Gasteiger partial charge in [-0.25, -0.2) is 14.4 Å². The van der Waals surface area contributed by atoms with E-state index in [-0.39, 0.29) is 11.9 Å². The van der Waals surface area contributed by atoms with Crippen molar-refractivity contribution < 1.29 is 9.13 Å². The first-order chi connectivity index (χ1) is 11.1. The van der Waals surface area contributed by atoms with Crippen molar-refractivity contribution in [1.29, 1.82) is 0 Å². The second-order valence-corrected chi connectivity index (χ2v) is 6.59. The number of hydrogen-bond donors (Lipinski definition) is 0. The molecule has 0 saturated carbocycles. The first-order valence-electron chi connectivity index (χ1n) is 8.25. The predicted octanol–water partition coefficient (Wildman–Crippen LogP) is 2.71. The summed E-state index contributed by atoms with van der Waals surface area (Å²) >= 11 is 0. The van der Waals surface area contributed by atoms with Crippen molar-refractivity contribution in [3.8, 4) is 0 Å². The van der Waals surface area contributed by atoms with Crippen LogP contribution in [-0.2, 0) is 11.2 Å². The van der Waals surface area contributed by atoms with Gasteiger partial charge in [-0.05, 0) is 40.0 Å². The molecule has 1 fully saturated rings. The number of aryl methyl sites for hydroxylation is 3. The Bertz CT molecular complexity index is 779. The van der Waals surface area contributed by atoms with Gasteiger partial charge in [-0.3, -0.25) is 4.98 Å². The Labute approximate surface area is 134 Å². The zero-order valence-corrected chi connectivity index (χ0v) is 13.8. The van der Waals surface area contributed by atoms with Crippen LogP contribution < -0.4 is 4.90 Å². The van der Waals surface area contributed by atoms with Crippen LogP contribution >= 0.6 is 0 Å². The summed E-state index contributed by atoms with van der Waals surface area (Å²) in [4.78, 5) is 15.9. The van der Waals surface area contributed by atoms with Gasteiger partial charge < -0.3 is 9.64 Å². The van der Waals surface area contributed by atoms with E-state index in [2.05, 4.69) is 21.8 Å². The SMILES string of the molecule is Cc1nc2c3c(nc(C)c(F)c3n1)CC[C@H]1COCC[C@@H](C)N21. The number of pyridine rings is 1. The van der Waals surface area contributed by atoms with E-state index in [1.54, 1.807) is 6.92 Å². The van der Waals surface area contributed by atoms with Gasteiger partial charge in [-0.15, -0.1) is 0 Å². The number of nitrogens with zero attached hydrogens (tertiary/aromatic N) is 4. The Morgan fingerprint density at radius 3 is 2.83 bits per heavy atom. The third-order valence-corrected chi connectivity index (χ3v) is 4.94. The molecule has 1 saturated heterocycles. The van der Waals surface area contributed by atoms with Crippen LogP contribution in [0, 0.1) is 19.7 Å². The van der Waals surface area contributed by atoms with Crippen LogP contribution in [0.4, 0.5) is 10.2 Å². The average Bonchev–Trinajstić information content (AvgIpc) is 2.78. The number of fused-ring (bicyclic) bond motifs is 2. The summed E-state index contributed by atoms with van der Waals surface area (Å²) in [5.41, 5.74) is 1.74. The lowest BCUT2D eigenvalue weighted by Crippen LogP contribution is -2.43. The average molecular weight is 316 g/mol. The maximum Gasteiger partial charge on any atom is 0.170 e. The minimum atomic E-state index is -0.326. The number of ether oxygens (including phenoxy) is 1. The topological polar surface area (TPSA) is 51.1 Å². The molecule has 0 aliphatic carbocycles. The molecule has 6 heteroatoms. The maximum atomic E-state index is 14.6. The Kier molecular flexibility index (Phi) is 3.44. The van der Waals surface area contributed by atoms with Crippen molar-refractivity contribution in [3.05, 3.63) is 23.0 Å². The molecule has 2 aromatic heterocycles. The van der Waals surface area contributed by atoms with Crippen molar-refractivity contribution in [2.24, 2.45) is 0 Å². The normalized spacial score (nSPS) is 24.3. The fourth-order valence-corrected chi connectivity index (χ4v) is 3.79. The van der Waals surface area contributed by atoms with Gasteiger partial charge in [0.2, 0.25) is 0 Å². The predicted molar refractivity (Wildman–Crippen MR) is 86.3 cm³/mol. The second kappa shape index (κ2) is 5.37. The Balaban J connectivity index is 2.04. The number of anilines is 1. The molecule has 2 aromatic rings. The second-order valence-electron chi connectivity index (χ2n) is 6.59. The van der Waals surface area contributed by atoms with Gasteiger partial charge in [0, 0.05) is 12.6 Å². The molecule has 2 aliphatic rings. The molecule has 0 amide bonds. The molecule has 23 heavy (non-hydrogen) atoms. The lowest BCUT2D eigenvalue weighted by Gasteiger charge is -2.34. The van der Waals surface area contributed by atoms with Crippen molar-refractivity contribution in [2.45, 2.75) is 52.1 Å². The number of aromatic nitrogens is 3. The highest BCUT2D eigenvalue weighted by atomic mass is 19.1. The van der Waals surface area contributed by atoms with Gasteiger partial charge in [0.1, 0.15) is 17.2 Å². The highest BCUT2D eigenvalue weighted by Crippen LogP contribution is 2.36. The molecule has 122 valence electrons. The van der Waals surface area contributed by atoms with E-state index in [1.165, 1.54) is 0 Å². The standard InChI is InChI=1S/C17H21FN4O/c1-9-6-7-23-8-12-4-5-13-14-16(15(18)10(2)19-13)20-11(3)21-17(14)22(9)12/h9,12H,4-8H2,1-3H3/t9-,12+/m1/s1. The summed E-state index contributed by atoms with van der Waals surface area (Å²) in [5, 5.41) is 0.787. The summed E-state index contributed by atoms with van der Waals surface area (Å²) < 4.78 is 20.4. The highest BCUT2D eigenvalue weighted by molar-refractivity contribution is 5.93. The molecule has 0 N–H and O–H groups in total. The van der Waals surface area contributed by atoms with E-state index >= 15 is 0 Å².